The summed E-state index contributed by atoms with van der Waals surface area (Å²) in [6, 6.07) is 14.8. The molecular formula is C22H18N4O2S3. The van der Waals surface area contributed by atoms with Crippen LogP contribution in [0.4, 0.5) is 5.69 Å². The van der Waals surface area contributed by atoms with Gasteiger partial charge in [0.2, 0.25) is 11.1 Å². The quantitative estimate of drug-likeness (QED) is 0.267. The van der Waals surface area contributed by atoms with Gasteiger partial charge in [0.05, 0.1) is 15.5 Å². The minimum absolute atomic E-state index is 0.0398. The third-order valence-electron chi connectivity index (χ3n) is 4.32. The summed E-state index contributed by atoms with van der Waals surface area (Å²) in [5.74, 6) is 0.0960. The monoisotopic (exact) mass is 466 g/mol. The number of thiophene rings is 2. The summed E-state index contributed by atoms with van der Waals surface area (Å²) < 4.78 is 0. The molecule has 0 bridgehead atoms. The summed E-state index contributed by atoms with van der Waals surface area (Å²) in [6.07, 6.45) is 0.407. The molecule has 0 aliphatic heterocycles. The Morgan fingerprint density at radius 2 is 1.61 bits per heavy atom. The lowest BCUT2D eigenvalue weighted by molar-refractivity contribution is -0.115. The van der Waals surface area contributed by atoms with Gasteiger partial charge in [0, 0.05) is 17.7 Å². The van der Waals surface area contributed by atoms with Crippen LogP contribution in [0.5, 0.6) is 0 Å². The van der Waals surface area contributed by atoms with Crippen LogP contribution in [-0.4, -0.2) is 32.6 Å². The van der Waals surface area contributed by atoms with Gasteiger partial charge in [-0.1, -0.05) is 30.8 Å². The molecule has 0 saturated heterocycles. The topological polar surface area (TPSA) is 84.8 Å². The standard InChI is InChI=1S/C22H18N4O2S3/c1-2-19(28)23-15-9-7-14(8-10-15)16(27)13-31-22-24-20(17-5-3-11-29-17)21(25-26-22)18-6-4-12-30-18/h3-12H,2,13H2,1H3,(H,23,28). The number of hydrogen-bond acceptors (Lipinski definition) is 8. The number of carbonyl (C=O) groups is 2. The fourth-order valence-electron chi connectivity index (χ4n) is 2.74. The molecule has 0 aliphatic rings. The number of aromatic nitrogens is 3. The third-order valence-corrected chi connectivity index (χ3v) is 6.91. The van der Waals surface area contributed by atoms with Crippen LogP contribution in [0.2, 0.25) is 0 Å². The molecule has 0 spiro atoms. The maximum atomic E-state index is 12.6. The van der Waals surface area contributed by atoms with E-state index in [1.807, 2.05) is 35.0 Å². The highest BCUT2D eigenvalue weighted by atomic mass is 32.2. The fourth-order valence-corrected chi connectivity index (χ4v) is 4.84. The van der Waals surface area contributed by atoms with E-state index in [-0.39, 0.29) is 17.4 Å². The molecule has 6 nitrogen and oxygen atoms in total. The molecule has 156 valence electrons. The number of thioether (sulfide) groups is 1. The summed E-state index contributed by atoms with van der Waals surface area (Å²) >= 11 is 4.45. The fraction of sp³-hybridized carbons (Fsp3) is 0.136. The lowest BCUT2D eigenvalue weighted by atomic mass is 10.1. The van der Waals surface area contributed by atoms with Crippen molar-refractivity contribution in [2.75, 3.05) is 11.1 Å². The lowest BCUT2D eigenvalue weighted by Crippen LogP contribution is -2.10. The highest BCUT2D eigenvalue weighted by Gasteiger charge is 2.16. The van der Waals surface area contributed by atoms with Crippen molar-refractivity contribution in [3.63, 3.8) is 0 Å². The van der Waals surface area contributed by atoms with E-state index in [9.17, 15) is 9.59 Å². The van der Waals surface area contributed by atoms with Crippen LogP contribution in [-0.2, 0) is 4.79 Å². The summed E-state index contributed by atoms with van der Waals surface area (Å²) in [7, 11) is 0. The normalized spacial score (nSPS) is 10.7. The zero-order chi connectivity index (χ0) is 21.6. The van der Waals surface area contributed by atoms with Gasteiger partial charge in [0.15, 0.2) is 5.78 Å². The largest absolute Gasteiger partial charge is 0.326 e. The molecule has 4 rings (SSSR count). The van der Waals surface area contributed by atoms with Crippen molar-refractivity contribution in [2.45, 2.75) is 18.5 Å². The Labute approximate surface area is 191 Å². The number of hydrogen-bond donors (Lipinski definition) is 1. The number of benzene rings is 1. The van der Waals surface area contributed by atoms with E-state index in [4.69, 9.17) is 4.98 Å². The van der Waals surface area contributed by atoms with Gasteiger partial charge in [-0.05, 0) is 47.2 Å². The molecule has 0 saturated carbocycles. The first-order valence-corrected chi connectivity index (χ1v) is 12.3. The Bertz CT molecular complexity index is 1170. The van der Waals surface area contributed by atoms with Crippen LogP contribution < -0.4 is 5.32 Å². The number of nitrogens with zero attached hydrogens (tertiary/aromatic N) is 3. The highest BCUT2D eigenvalue weighted by Crippen LogP contribution is 2.34. The van der Waals surface area contributed by atoms with Crippen LogP contribution in [0, 0.1) is 0 Å². The first-order chi connectivity index (χ1) is 15.1. The molecule has 3 aromatic heterocycles. The minimum atomic E-state index is -0.0631. The smallest absolute Gasteiger partial charge is 0.224 e. The van der Waals surface area contributed by atoms with Crippen LogP contribution in [0.15, 0.2) is 64.4 Å². The number of nitrogens with one attached hydrogen (secondary N) is 1. The van der Waals surface area contributed by atoms with Crippen molar-refractivity contribution in [3.05, 3.63) is 64.9 Å². The molecular weight excluding hydrogens is 448 g/mol. The zero-order valence-electron chi connectivity index (χ0n) is 16.6. The van der Waals surface area contributed by atoms with Gasteiger partial charge in [0.1, 0.15) is 11.4 Å². The highest BCUT2D eigenvalue weighted by molar-refractivity contribution is 7.99. The predicted octanol–water partition coefficient (Wildman–Crippen LogP) is 5.65. The van der Waals surface area contributed by atoms with Crippen molar-refractivity contribution >= 4 is 51.8 Å². The SMILES string of the molecule is CCC(=O)Nc1ccc(C(=O)CSc2nnc(-c3cccs3)c(-c3cccs3)n2)cc1. The van der Waals surface area contributed by atoms with Crippen molar-refractivity contribution in [1.82, 2.24) is 15.2 Å². The van der Waals surface area contributed by atoms with E-state index in [2.05, 4.69) is 15.5 Å². The lowest BCUT2D eigenvalue weighted by Gasteiger charge is -2.07. The van der Waals surface area contributed by atoms with Crippen molar-refractivity contribution < 1.29 is 9.59 Å². The Kier molecular flexibility index (Phi) is 6.86. The van der Waals surface area contributed by atoms with Gasteiger partial charge in [-0.15, -0.1) is 32.9 Å². The maximum absolute atomic E-state index is 12.6. The van der Waals surface area contributed by atoms with Gasteiger partial charge >= 0.3 is 0 Å². The Morgan fingerprint density at radius 3 is 2.23 bits per heavy atom. The number of carbonyl (C=O) groups excluding carboxylic acids is 2. The number of rotatable bonds is 8. The first-order valence-electron chi connectivity index (χ1n) is 9.52. The Morgan fingerprint density at radius 1 is 0.935 bits per heavy atom. The molecule has 0 aliphatic carbocycles. The van der Waals surface area contributed by atoms with Crippen LogP contribution in [0.3, 0.4) is 0 Å². The molecule has 1 aromatic carbocycles. The number of Topliss-reactive ketones (excluding diaryl/α,β-unsaturated/α-hetero) is 1. The first kappa shape index (κ1) is 21.4. The van der Waals surface area contributed by atoms with Crippen LogP contribution >= 0.6 is 34.4 Å². The summed E-state index contributed by atoms with van der Waals surface area (Å²) in [5.41, 5.74) is 2.77. The van der Waals surface area contributed by atoms with E-state index >= 15 is 0 Å². The molecule has 9 heteroatoms. The molecule has 1 N–H and O–H groups in total. The van der Waals surface area contributed by atoms with E-state index < -0.39 is 0 Å². The molecule has 0 unspecified atom stereocenters. The zero-order valence-corrected chi connectivity index (χ0v) is 19.0. The van der Waals surface area contributed by atoms with Crippen molar-refractivity contribution in [1.29, 1.82) is 0 Å². The maximum Gasteiger partial charge on any atom is 0.224 e. The van der Waals surface area contributed by atoms with Gasteiger partial charge < -0.3 is 5.32 Å². The average molecular weight is 467 g/mol. The van der Waals surface area contributed by atoms with E-state index in [0.29, 0.717) is 22.8 Å². The third kappa shape index (κ3) is 5.25. The number of anilines is 1. The predicted molar refractivity (Wildman–Crippen MR) is 127 cm³/mol. The van der Waals surface area contributed by atoms with Crippen molar-refractivity contribution in [2.24, 2.45) is 0 Å². The second kappa shape index (κ2) is 9.95. The van der Waals surface area contributed by atoms with Gasteiger partial charge in [-0.2, -0.15) is 0 Å². The summed E-state index contributed by atoms with van der Waals surface area (Å²) in [6.45, 7) is 1.79. The Hall–Kier alpha value is -2.88. The molecule has 1 amide bonds. The average Bonchev–Trinajstić information content (AvgIpc) is 3.52. The van der Waals surface area contributed by atoms with Crippen molar-refractivity contribution in [3.8, 4) is 21.1 Å². The van der Waals surface area contributed by atoms with Gasteiger partial charge in [0.25, 0.3) is 0 Å². The van der Waals surface area contributed by atoms with Crippen LogP contribution in [0.25, 0.3) is 21.1 Å². The molecule has 31 heavy (non-hydrogen) atoms. The van der Waals surface area contributed by atoms with E-state index in [0.717, 1.165) is 21.1 Å². The second-order valence-corrected chi connectivity index (χ2v) is 9.28. The summed E-state index contributed by atoms with van der Waals surface area (Å²) in [4.78, 5) is 30.8. The molecule has 4 aromatic rings. The molecule has 0 fully saturated rings. The number of amides is 1. The van der Waals surface area contributed by atoms with E-state index in [1.165, 1.54) is 11.8 Å². The molecule has 0 atom stereocenters. The van der Waals surface area contributed by atoms with E-state index in [1.54, 1.807) is 53.9 Å². The van der Waals surface area contributed by atoms with Gasteiger partial charge in [-0.3, -0.25) is 9.59 Å². The summed E-state index contributed by atoms with van der Waals surface area (Å²) in [5, 5.41) is 15.9. The van der Waals surface area contributed by atoms with Gasteiger partial charge in [-0.25, -0.2) is 4.98 Å². The Balaban J connectivity index is 1.48. The molecule has 3 heterocycles. The number of ketones is 1. The second-order valence-electron chi connectivity index (χ2n) is 6.44. The van der Waals surface area contributed by atoms with Crippen LogP contribution in [0.1, 0.15) is 23.7 Å². The molecule has 0 radical (unpaired) electrons. The minimum Gasteiger partial charge on any atom is -0.326 e.